The van der Waals surface area contributed by atoms with Crippen LogP contribution in [0.5, 0.6) is 0 Å². The lowest BCUT2D eigenvalue weighted by atomic mass is 9.91. The van der Waals surface area contributed by atoms with Crippen LogP contribution < -0.4 is 5.32 Å². The molecule has 1 aromatic heterocycles. The van der Waals surface area contributed by atoms with Crippen molar-refractivity contribution >= 4 is 0 Å². The molecule has 4 bridgehead atoms. The van der Waals surface area contributed by atoms with E-state index < -0.39 is 0 Å². The third kappa shape index (κ3) is 1.70. The first-order valence-electron chi connectivity index (χ1n) is 6.26. The molecule has 17 heavy (non-hydrogen) atoms. The third-order valence-corrected chi connectivity index (χ3v) is 4.00. The third-order valence-electron chi connectivity index (χ3n) is 4.00. The Morgan fingerprint density at radius 2 is 1.76 bits per heavy atom. The van der Waals surface area contributed by atoms with Crippen molar-refractivity contribution < 1.29 is 4.42 Å². The summed E-state index contributed by atoms with van der Waals surface area (Å²) in [5.41, 5.74) is 0.238. The molecule has 4 fully saturated rings. The standard InChI is InChI=1S/C12H18N4O/c1-2-11(17-3-1)4-13-12-5-14-8-15(6-12)10-16(7-12)9-14/h1-3,13H,4-10H2. The lowest BCUT2D eigenvalue weighted by Gasteiger charge is -2.60. The van der Waals surface area contributed by atoms with Crippen molar-refractivity contribution in [3.63, 3.8) is 0 Å². The molecule has 1 aromatic rings. The molecule has 0 aromatic carbocycles. The molecule has 0 amide bonds. The van der Waals surface area contributed by atoms with E-state index >= 15 is 0 Å². The van der Waals surface area contributed by atoms with E-state index in [0.717, 1.165) is 32.3 Å². The van der Waals surface area contributed by atoms with Gasteiger partial charge in [0.15, 0.2) is 0 Å². The maximum Gasteiger partial charge on any atom is 0.117 e. The zero-order chi connectivity index (χ0) is 11.3. The predicted molar refractivity (Wildman–Crippen MR) is 63.0 cm³/mol. The largest absolute Gasteiger partial charge is 0.468 e. The number of nitrogens with one attached hydrogen (secondary N) is 1. The van der Waals surface area contributed by atoms with Crippen LogP contribution in [0.4, 0.5) is 0 Å². The van der Waals surface area contributed by atoms with Gasteiger partial charge in [0.1, 0.15) is 5.76 Å². The molecule has 4 aliphatic rings. The van der Waals surface area contributed by atoms with Gasteiger partial charge in [0.05, 0.1) is 38.4 Å². The molecule has 4 aliphatic heterocycles. The van der Waals surface area contributed by atoms with Gasteiger partial charge < -0.3 is 9.73 Å². The molecule has 0 radical (unpaired) electrons. The molecule has 5 nitrogen and oxygen atoms in total. The predicted octanol–water partition coefficient (Wildman–Crippen LogP) is -0.0727. The topological polar surface area (TPSA) is 34.9 Å². The van der Waals surface area contributed by atoms with Crippen molar-refractivity contribution in [2.24, 2.45) is 0 Å². The summed E-state index contributed by atoms with van der Waals surface area (Å²) in [5.74, 6) is 1.03. The van der Waals surface area contributed by atoms with Crippen LogP contribution in [0.3, 0.4) is 0 Å². The molecular formula is C12H18N4O. The lowest BCUT2D eigenvalue weighted by Crippen LogP contribution is -2.79. The molecule has 5 rings (SSSR count). The molecule has 0 aliphatic carbocycles. The molecule has 5 heteroatoms. The number of hydrogen-bond acceptors (Lipinski definition) is 5. The van der Waals surface area contributed by atoms with Gasteiger partial charge in [-0.25, -0.2) is 0 Å². The highest BCUT2D eigenvalue weighted by molar-refractivity contribution is 5.07. The fraction of sp³-hybridized carbons (Fsp3) is 0.667. The quantitative estimate of drug-likeness (QED) is 0.792. The summed E-state index contributed by atoms with van der Waals surface area (Å²) in [6, 6.07) is 3.99. The van der Waals surface area contributed by atoms with Gasteiger partial charge in [0.25, 0.3) is 0 Å². The SMILES string of the molecule is c1coc(CNC23CN4CN(CN(C4)C2)C3)c1. The number of furan rings is 1. The summed E-state index contributed by atoms with van der Waals surface area (Å²) in [6.07, 6.45) is 1.74. The fourth-order valence-corrected chi connectivity index (χ4v) is 3.57. The van der Waals surface area contributed by atoms with Crippen LogP contribution in [0, 0.1) is 0 Å². The molecule has 5 heterocycles. The van der Waals surface area contributed by atoms with Crippen molar-refractivity contribution in [2.45, 2.75) is 12.1 Å². The van der Waals surface area contributed by atoms with Gasteiger partial charge in [-0.1, -0.05) is 0 Å². The van der Waals surface area contributed by atoms with E-state index in [0.29, 0.717) is 0 Å². The van der Waals surface area contributed by atoms with Gasteiger partial charge in [-0.05, 0) is 12.1 Å². The first-order valence-corrected chi connectivity index (χ1v) is 6.26. The summed E-state index contributed by atoms with van der Waals surface area (Å²) < 4.78 is 5.39. The molecule has 4 saturated heterocycles. The first-order chi connectivity index (χ1) is 8.31. The van der Waals surface area contributed by atoms with E-state index in [-0.39, 0.29) is 5.54 Å². The van der Waals surface area contributed by atoms with Gasteiger partial charge in [-0.2, -0.15) is 0 Å². The molecule has 0 saturated carbocycles. The van der Waals surface area contributed by atoms with Crippen LogP contribution in [-0.2, 0) is 6.54 Å². The second kappa shape index (κ2) is 3.55. The van der Waals surface area contributed by atoms with Crippen LogP contribution in [0.25, 0.3) is 0 Å². The van der Waals surface area contributed by atoms with Crippen LogP contribution in [0.15, 0.2) is 22.8 Å². The van der Waals surface area contributed by atoms with Crippen molar-refractivity contribution in [2.75, 3.05) is 39.6 Å². The average Bonchev–Trinajstić information content (AvgIpc) is 2.77. The minimum Gasteiger partial charge on any atom is -0.468 e. The van der Waals surface area contributed by atoms with Gasteiger partial charge in [-0.15, -0.1) is 0 Å². The highest BCUT2D eigenvalue weighted by Crippen LogP contribution is 2.29. The second-order valence-electron chi connectivity index (χ2n) is 5.62. The first kappa shape index (κ1) is 10.1. The second-order valence-corrected chi connectivity index (χ2v) is 5.62. The number of hydrogen-bond donors (Lipinski definition) is 1. The molecular weight excluding hydrogens is 216 g/mol. The van der Waals surface area contributed by atoms with Crippen LogP contribution in [0.1, 0.15) is 5.76 Å². The van der Waals surface area contributed by atoms with E-state index in [1.807, 2.05) is 12.1 Å². The summed E-state index contributed by atoms with van der Waals surface area (Å²) >= 11 is 0. The maximum atomic E-state index is 5.39. The van der Waals surface area contributed by atoms with Crippen molar-refractivity contribution in [3.05, 3.63) is 24.2 Å². The van der Waals surface area contributed by atoms with E-state index in [1.165, 1.54) is 19.6 Å². The summed E-state index contributed by atoms with van der Waals surface area (Å²) in [6.45, 7) is 7.76. The zero-order valence-corrected chi connectivity index (χ0v) is 9.93. The van der Waals surface area contributed by atoms with Crippen molar-refractivity contribution in [1.29, 1.82) is 0 Å². The maximum absolute atomic E-state index is 5.39. The van der Waals surface area contributed by atoms with E-state index in [9.17, 15) is 0 Å². The molecule has 0 atom stereocenters. The molecule has 1 N–H and O–H groups in total. The zero-order valence-electron chi connectivity index (χ0n) is 9.93. The highest BCUT2D eigenvalue weighted by atomic mass is 16.3. The lowest BCUT2D eigenvalue weighted by molar-refractivity contribution is -0.150. The Bertz CT molecular complexity index is 367. The molecule has 0 spiro atoms. The number of nitrogens with zero attached hydrogens (tertiary/aromatic N) is 3. The summed E-state index contributed by atoms with van der Waals surface area (Å²) in [4.78, 5) is 7.56. The van der Waals surface area contributed by atoms with Crippen molar-refractivity contribution in [3.8, 4) is 0 Å². The van der Waals surface area contributed by atoms with Gasteiger partial charge in [0, 0.05) is 19.6 Å². The molecule has 92 valence electrons. The van der Waals surface area contributed by atoms with Gasteiger partial charge in [0.2, 0.25) is 0 Å². The monoisotopic (exact) mass is 234 g/mol. The van der Waals surface area contributed by atoms with Crippen LogP contribution in [0.2, 0.25) is 0 Å². The smallest absolute Gasteiger partial charge is 0.117 e. The Morgan fingerprint density at radius 3 is 2.29 bits per heavy atom. The Labute approximate surface area is 101 Å². The van der Waals surface area contributed by atoms with E-state index in [4.69, 9.17) is 4.42 Å². The summed E-state index contributed by atoms with van der Waals surface area (Å²) in [5, 5.41) is 3.71. The Morgan fingerprint density at radius 1 is 1.12 bits per heavy atom. The fourth-order valence-electron chi connectivity index (χ4n) is 3.57. The van der Waals surface area contributed by atoms with E-state index in [2.05, 4.69) is 20.0 Å². The number of rotatable bonds is 3. The Kier molecular flexibility index (Phi) is 2.11. The molecule has 0 unspecified atom stereocenters. The van der Waals surface area contributed by atoms with Gasteiger partial charge in [-0.3, -0.25) is 14.7 Å². The minimum atomic E-state index is 0.238. The minimum absolute atomic E-state index is 0.238. The van der Waals surface area contributed by atoms with Crippen LogP contribution in [-0.4, -0.2) is 59.9 Å². The average molecular weight is 234 g/mol. The van der Waals surface area contributed by atoms with Gasteiger partial charge >= 0.3 is 0 Å². The Balaban J connectivity index is 1.49. The highest BCUT2D eigenvalue weighted by Gasteiger charge is 2.48. The van der Waals surface area contributed by atoms with Crippen molar-refractivity contribution in [1.82, 2.24) is 20.0 Å². The Hall–Kier alpha value is -0.880. The van der Waals surface area contributed by atoms with E-state index in [1.54, 1.807) is 6.26 Å². The summed E-state index contributed by atoms with van der Waals surface area (Å²) in [7, 11) is 0. The van der Waals surface area contributed by atoms with Crippen LogP contribution >= 0.6 is 0 Å². The normalized spacial score (nSPS) is 43.2.